The van der Waals surface area contributed by atoms with E-state index in [0.717, 1.165) is 31.8 Å². The van der Waals surface area contributed by atoms with E-state index in [4.69, 9.17) is 25.7 Å². The van der Waals surface area contributed by atoms with Gasteiger partial charge in [0.1, 0.15) is 6.10 Å². The molecule has 2 rings (SSSR count). The summed E-state index contributed by atoms with van der Waals surface area (Å²) in [5.41, 5.74) is 12.2. The molecule has 12 nitrogen and oxygen atoms in total. The third-order valence-corrected chi connectivity index (χ3v) is 8.23. The smallest absolute Gasteiger partial charge is 0.405 e. The van der Waals surface area contributed by atoms with Crippen molar-refractivity contribution in [3.05, 3.63) is 58.5 Å². The predicted molar refractivity (Wildman–Crippen MR) is 182 cm³/mol. The summed E-state index contributed by atoms with van der Waals surface area (Å²) in [5.74, 6) is -2.04. The Kier molecular flexibility index (Phi) is 18.5. The second-order valence-corrected chi connectivity index (χ2v) is 12.1. The number of ketones is 2. The maximum Gasteiger partial charge on any atom is 0.405 e. The number of hydrogen-bond donors (Lipinski definition) is 5. The Balaban J connectivity index is 0.0000110. The van der Waals surface area contributed by atoms with Gasteiger partial charge in [0, 0.05) is 43.9 Å². The Hall–Kier alpha value is -3.29. The van der Waals surface area contributed by atoms with Gasteiger partial charge in [0.25, 0.3) is 5.91 Å². The van der Waals surface area contributed by atoms with Gasteiger partial charge in [-0.2, -0.15) is 0 Å². The van der Waals surface area contributed by atoms with Crippen LogP contribution in [0.25, 0.3) is 0 Å². The number of rotatable bonds is 10. The highest BCUT2D eigenvalue weighted by Gasteiger charge is 2.33. The van der Waals surface area contributed by atoms with Crippen LogP contribution in [0.4, 0.5) is 4.79 Å². The van der Waals surface area contributed by atoms with Crippen molar-refractivity contribution in [3.63, 3.8) is 0 Å². The molecule has 0 aromatic rings. The van der Waals surface area contributed by atoms with E-state index in [-0.39, 0.29) is 47.3 Å². The first-order chi connectivity index (χ1) is 21.8. The Labute approximate surface area is 284 Å². The molecule has 1 aliphatic heterocycles. The molecule has 1 aliphatic carbocycles. The molecule has 0 radical (unpaired) electrons. The number of allylic oxidation sites excluding steroid dienone is 4. The summed E-state index contributed by atoms with van der Waals surface area (Å²) in [4.78, 5) is 52.0. The monoisotopic (exact) mass is 680 g/mol. The Morgan fingerprint density at radius 2 is 1.77 bits per heavy atom. The lowest BCUT2D eigenvalue weighted by Crippen LogP contribution is -2.38. The number of hydrogen-bond acceptors (Lipinski definition) is 10. The van der Waals surface area contributed by atoms with Crippen molar-refractivity contribution < 1.29 is 38.5 Å². The van der Waals surface area contributed by atoms with Crippen molar-refractivity contribution in [2.45, 2.75) is 90.6 Å². The van der Waals surface area contributed by atoms with Crippen LogP contribution >= 0.6 is 12.4 Å². The van der Waals surface area contributed by atoms with Gasteiger partial charge in [0.15, 0.2) is 6.10 Å². The molecule has 0 spiro atoms. The van der Waals surface area contributed by atoms with Crippen molar-refractivity contribution in [2.24, 2.45) is 23.3 Å². The highest BCUT2D eigenvalue weighted by molar-refractivity contribution is 6.23. The molecule has 2 aliphatic rings. The van der Waals surface area contributed by atoms with Crippen LogP contribution in [-0.2, 0) is 28.6 Å². The minimum absolute atomic E-state index is 0. The molecule has 6 atom stereocenters. The summed E-state index contributed by atoms with van der Waals surface area (Å²) in [7, 11) is 2.94. The fraction of sp³-hybridized carbons (Fsp3) is 0.588. The van der Waals surface area contributed by atoms with Crippen LogP contribution in [0.5, 0.6) is 0 Å². The summed E-state index contributed by atoms with van der Waals surface area (Å²) in [5, 5.41) is 17.1. The van der Waals surface area contributed by atoms with Crippen LogP contribution in [0.1, 0.15) is 66.2 Å². The maximum absolute atomic E-state index is 13.8. The molecule has 2 unspecified atom stereocenters. The molecular weight excluding hydrogens is 628 g/mol. The molecular formula is C34H53ClN4O8. The molecule has 264 valence electrons. The molecule has 2 bridgehead atoms. The van der Waals surface area contributed by atoms with Crippen molar-refractivity contribution in [2.75, 3.05) is 27.3 Å². The van der Waals surface area contributed by atoms with Crippen LogP contribution in [0.15, 0.2) is 58.5 Å². The van der Waals surface area contributed by atoms with Crippen LogP contribution in [-0.4, -0.2) is 80.4 Å². The number of halogens is 1. The minimum Gasteiger partial charge on any atom is -0.439 e. The first-order valence-electron chi connectivity index (χ1n) is 15.9. The van der Waals surface area contributed by atoms with Gasteiger partial charge in [0.05, 0.1) is 23.6 Å². The average Bonchev–Trinajstić information content (AvgIpc) is 3.01. The van der Waals surface area contributed by atoms with E-state index in [1.54, 1.807) is 32.1 Å². The average molecular weight is 681 g/mol. The summed E-state index contributed by atoms with van der Waals surface area (Å²) in [6.45, 7) is 8.17. The number of aliphatic hydroxyl groups excluding tert-OH is 1. The molecule has 0 saturated heterocycles. The first-order valence-corrected chi connectivity index (χ1v) is 15.9. The molecule has 2 amide bonds. The third-order valence-electron chi connectivity index (χ3n) is 8.23. The fourth-order valence-electron chi connectivity index (χ4n) is 5.61. The van der Waals surface area contributed by atoms with E-state index in [1.807, 2.05) is 13.8 Å². The number of nitrogens with two attached hydrogens (primary N) is 2. The number of unbranched alkanes of at least 4 members (excludes halogenated alkanes) is 3. The fourth-order valence-corrected chi connectivity index (χ4v) is 5.61. The highest BCUT2D eigenvalue weighted by Crippen LogP contribution is 2.29. The van der Waals surface area contributed by atoms with Crippen molar-refractivity contribution >= 4 is 36.0 Å². The molecule has 47 heavy (non-hydrogen) atoms. The van der Waals surface area contributed by atoms with E-state index in [2.05, 4.69) is 10.6 Å². The van der Waals surface area contributed by atoms with Gasteiger partial charge in [-0.15, -0.1) is 12.4 Å². The Morgan fingerprint density at radius 1 is 1.09 bits per heavy atom. The second-order valence-electron chi connectivity index (χ2n) is 12.1. The van der Waals surface area contributed by atoms with E-state index in [1.165, 1.54) is 20.3 Å². The van der Waals surface area contributed by atoms with Gasteiger partial charge in [-0.25, -0.2) is 4.79 Å². The Bertz CT molecular complexity index is 1260. The number of Topliss-reactive ketones (excluding diaryl/α,β-unsaturated/α-hetero) is 1. The lowest BCUT2D eigenvalue weighted by atomic mass is 9.85. The molecule has 7 N–H and O–H groups in total. The second kappa shape index (κ2) is 20.8. The number of carbonyl (C=O) groups excluding carboxylic acids is 4. The van der Waals surface area contributed by atoms with E-state index in [9.17, 15) is 24.3 Å². The van der Waals surface area contributed by atoms with Gasteiger partial charge >= 0.3 is 6.09 Å². The van der Waals surface area contributed by atoms with Gasteiger partial charge < -0.3 is 41.4 Å². The summed E-state index contributed by atoms with van der Waals surface area (Å²) in [6, 6.07) is 0. The first kappa shape index (κ1) is 41.7. The number of methoxy groups -OCH3 is 2. The van der Waals surface area contributed by atoms with Crippen molar-refractivity contribution in [3.8, 4) is 0 Å². The number of ether oxygens (including phenoxy) is 3. The number of aliphatic hydroxyl groups is 1. The van der Waals surface area contributed by atoms with Crippen LogP contribution in [0.3, 0.4) is 0 Å². The zero-order valence-electron chi connectivity index (χ0n) is 28.4. The summed E-state index contributed by atoms with van der Waals surface area (Å²) in [6.07, 6.45) is 7.54. The molecule has 0 fully saturated rings. The quantitative estimate of drug-likeness (QED) is 0.130. The standard InChI is InChI=1S/C34H52N4O8.ClH/c1-20-16-24-29(37-15-10-8-7-9-14-35)26(39)19-25(31(24)41)38-33(42)21(2)12-11-13-27(44-5)32(46-34(36)43)23(4)18-22(3)30(40)28(17-20)45-6;/h11-13,18-20,22,27-28,30,32,37,40H,7-10,14-17,35H2,1-6H3,(H2,36,43)(H,38,42);1H/b13-11+,21-12-,23-18+;/t20-,22+,27+,28?,30-,32?;/m1./s1. The summed E-state index contributed by atoms with van der Waals surface area (Å²) < 4.78 is 16.7. The molecule has 0 aromatic heterocycles. The van der Waals surface area contributed by atoms with Gasteiger partial charge in [-0.05, 0) is 57.6 Å². The van der Waals surface area contributed by atoms with E-state index >= 15 is 0 Å². The van der Waals surface area contributed by atoms with Crippen molar-refractivity contribution in [1.29, 1.82) is 0 Å². The topological polar surface area (TPSA) is 192 Å². The lowest BCUT2D eigenvalue weighted by molar-refractivity contribution is -0.120. The van der Waals surface area contributed by atoms with Crippen molar-refractivity contribution in [1.82, 2.24) is 10.6 Å². The van der Waals surface area contributed by atoms with Crippen LogP contribution in [0, 0.1) is 11.8 Å². The molecule has 1 heterocycles. The third kappa shape index (κ3) is 12.7. The zero-order valence-corrected chi connectivity index (χ0v) is 29.2. The number of primary amides is 1. The van der Waals surface area contributed by atoms with E-state index < -0.39 is 53.9 Å². The maximum atomic E-state index is 13.8. The number of nitrogens with one attached hydrogen (secondary N) is 2. The Morgan fingerprint density at radius 3 is 2.38 bits per heavy atom. The number of fused-ring (bicyclic) bond motifs is 2. The van der Waals surface area contributed by atoms with Crippen LogP contribution < -0.4 is 22.1 Å². The van der Waals surface area contributed by atoms with Crippen LogP contribution in [0.2, 0.25) is 0 Å². The van der Waals surface area contributed by atoms with E-state index in [0.29, 0.717) is 25.1 Å². The lowest BCUT2D eigenvalue weighted by Gasteiger charge is -2.30. The largest absolute Gasteiger partial charge is 0.439 e. The molecule has 13 heteroatoms. The minimum atomic E-state index is -0.997. The number of amides is 2. The van der Waals surface area contributed by atoms with Gasteiger partial charge in [-0.1, -0.05) is 51.0 Å². The molecule has 0 aromatic carbocycles. The SMILES string of the molecule is COC1C[C@H](C)CC2=C(NCCCCCCN)C(=O)C=C(NC(=O)/C(C)=C\C=C\[C@H](OC)C(OC(N)=O)/C(C)=C/[C@H](C)[C@H]1O)C2=O.Cl. The molecule has 0 saturated carbocycles. The predicted octanol–water partition coefficient (Wildman–Crippen LogP) is 3.29. The normalized spacial score (nSPS) is 29.4. The van der Waals surface area contributed by atoms with Gasteiger partial charge in [-0.3, -0.25) is 14.4 Å². The highest BCUT2D eigenvalue weighted by atomic mass is 35.5. The number of carbonyl (C=O) groups is 4. The zero-order chi connectivity index (χ0) is 34.4. The van der Waals surface area contributed by atoms with Gasteiger partial charge in [0.2, 0.25) is 11.6 Å². The summed E-state index contributed by atoms with van der Waals surface area (Å²) >= 11 is 0.